The molecule has 0 aromatic carbocycles. The van der Waals surface area contributed by atoms with Gasteiger partial charge in [-0.1, -0.05) is 13.8 Å². The van der Waals surface area contributed by atoms with E-state index in [1.165, 1.54) is 0 Å². The molecule has 19 heavy (non-hydrogen) atoms. The van der Waals surface area contributed by atoms with E-state index in [1.807, 2.05) is 30.5 Å². The Morgan fingerprint density at radius 3 is 2.32 bits per heavy atom. The Labute approximate surface area is 119 Å². The average molecular weight is 288 g/mol. The number of thioether (sulfide) groups is 1. The molecule has 1 aliphatic rings. The molecule has 5 nitrogen and oxygen atoms in total. The molecule has 0 spiro atoms. The smallest absolute Gasteiger partial charge is 0.317 e. The number of carbonyl (C=O) groups excluding carboxylic acids is 1. The van der Waals surface area contributed by atoms with Crippen LogP contribution in [0.2, 0.25) is 0 Å². The second kappa shape index (κ2) is 6.50. The van der Waals surface area contributed by atoms with Crippen molar-refractivity contribution in [2.75, 3.05) is 13.1 Å². The van der Waals surface area contributed by atoms with Gasteiger partial charge in [0, 0.05) is 35.5 Å². The summed E-state index contributed by atoms with van der Waals surface area (Å²) in [5, 5.41) is 12.5. The second-order valence-electron chi connectivity index (χ2n) is 5.87. The largest absolute Gasteiger partial charge is 0.481 e. The number of hydrogen-bond acceptors (Lipinski definition) is 3. The van der Waals surface area contributed by atoms with E-state index < -0.39 is 11.5 Å². The number of aliphatic carboxylic acids is 1. The van der Waals surface area contributed by atoms with Crippen LogP contribution in [0.25, 0.3) is 0 Å². The van der Waals surface area contributed by atoms with Gasteiger partial charge in [-0.25, -0.2) is 4.79 Å². The van der Waals surface area contributed by atoms with Crippen LogP contribution in [0.15, 0.2) is 0 Å². The summed E-state index contributed by atoms with van der Waals surface area (Å²) in [6.07, 6.45) is 0.498. The Morgan fingerprint density at radius 1 is 1.32 bits per heavy atom. The number of urea groups is 1. The minimum absolute atomic E-state index is 0.0654. The summed E-state index contributed by atoms with van der Waals surface area (Å²) >= 11 is 1.90. The first-order valence-corrected chi connectivity index (χ1v) is 7.58. The molecular formula is C13H24N2O3S. The van der Waals surface area contributed by atoms with Gasteiger partial charge in [-0.15, -0.1) is 0 Å². The third-order valence-corrected chi connectivity index (χ3v) is 4.34. The SMILES string of the molecule is CC1CN(C(=O)NC(C)(C)CCC(=O)O)CC(C)S1. The van der Waals surface area contributed by atoms with Gasteiger partial charge < -0.3 is 15.3 Å². The normalized spacial score (nSPS) is 24.1. The molecule has 0 aromatic heterocycles. The van der Waals surface area contributed by atoms with Crippen molar-refractivity contribution in [3.05, 3.63) is 0 Å². The van der Waals surface area contributed by atoms with Crippen LogP contribution in [0.3, 0.4) is 0 Å². The number of hydrogen-bond donors (Lipinski definition) is 2. The van der Waals surface area contributed by atoms with Crippen LogP contribution in [0.1, 0.15) is 40.5 Å². The van der Waals surface area contributed by atoms with Gasteiger partial charge in [0.2, 0.25) is 0 Å². The van der Waals surface area contributed by atoms with Gasteiger partial charge in [-0.05, 0) is 20.3 Å². The van der Waals surface area contributed by atoms with Gasteiger partial charge in [0.05, 0.1) is 0 Å². The minimum Gasteiger partial charge on any atom is -0.481 e. The monoisotopic (exact) mass is 288 g/mol. The maximum absolute atomic E-state index is 12.2. The van der Waals surface area contributed by atoms with E-state index in [1.54, 1.807) is 0 Å². The fraction of sp³-hybridized carbons (Fsp3) is 0.846. The van der Waals surface area contributed by atoms with Gasteiger partial charge in [0.1, 0.15) is 0 Å². The molecule has 2 atom stereocenters. The average Bonchev–Trinajstić information content (AvgIpc) is 2.24. The zero-order valence-corrected chi connectivity index (χ0v) is 12.9. The Morgan fingerprint density at radius 2 is 1.84 bits per heavy atom. The minimum atomic E-state index is -0.834. The van der Waals surface area contributed by atoms with Crippen LogP contribution >= 0.6 is 11.8 Å². The Balaban J connectivity index is 2.51. The molecule has 1 aliphatic heterocycles. The third-order valence-electron chi connectivity index (χ3n) is 3.12. The van der Waals surface area contributed by atoms with Crippen molar-refractivity contribution >= 4 is 23.8 Å². The molecule has 0 radical (unpaired) electrons. The number of carboxylic acid groups (broad SMARTS) is 1. The number of nitrogens with one attached hydrogen (secondary N) is 1. The predicted octanol–water partition coefficient (Wildman–Crippen LogP) is 2.17. The molecule has 1 rings (SSSR count). The summed E-state index contributed by atoms with van der Waals surface area (Å²) in [6, 6.07) is -0.0885. The van der Waals surface area contributed by atoms with E-state index in [-0.39, 0.29) is 12.5 Å². The Kier molecular flexibility index (Phi) is 5.52. The van der Waals surface area contributed by atoms with Crippen LogP contribution in [-0.4, -0.2) is 51.1 Å². The first-order valence-electron chi connectivity index (χ1n) is 6.64. The number of carboxylic acids is 1. The lowest BCUT2D eigenvalue weighted by Crippen LogP contribution is -2.54. The van der Waals surface area contributed by atoms with Crippen LogP contribution < -0.4 is 5.32 Å². The molecule has 2 N–H and O–H groups in total. The highest BCUT2D eigenvalue weighted by atomic mass is 32.2. The highest BCUT2D eigenvalue weighted by Crippen LogP contribution is 2.25. The molecule has 1 saturated heterocycles. The lowest BCUT2D eigenvalue weighted by atomic mass is 9.99. The van der Waals surface area contributed by atoms with Gasteiger partial charge in [0.15, 0.2) is 0 Å². The summed E-state index contributed by atoms with van der Waals surface area (Å²) < 4.78 is 0. The highest BCUT2D eigenvalue weighted by Gasteiger charge is 2.29. The topological polar surface area (TPSA) is 69.6 Å². The fourth-order valence-corrected chi connectivity index (χ4v) is 3.52. The fourth-order valence-electron chi connectivity index (χ4n) is 2.19. The summed E-state index contributed by atoms with van der Waals surface area (Å²) in [5.41, 5.74) is -0.494. The first kappa shape index (κ1) is 16.1. The van der Waals surface area contributed by atoms with Crippen LogP contribution in [0.4, 0.5) is 4.79 Å². The third kappa shape index (κ3) is 5.72. The number of carbonyl (C=O) groups is 2. The van der Waals surface area contributed by atoms with Gasteiger partial charge in [-0.3, -0.25) is 4.79 Å². The van der Waals surface area contributed by atoms with Crippen LogP contribution in [-0.2, 0) is 4.79 Å². The molecule has 6 heteroatoms. The van der Waals surface area contributed by atoms with Crippen molar-refractivity contribution in [2.45, 2.75) is 56.6 Å². The van der Waals surface area contributed by atoms with Gasteiger partial charge in [0.25, 0.3) is 0 Å². The molecule has 0 aromatic rings. The van der Waals surface area contributed by atoms with E-state index in [0.717, 1.165) is 13.1 Å². The number of rotatable bonds is 4. The number of amides is 2. The molecule has 1 heterocycles. The molecule has 1 fully saturated rings. The molecule has 0 aliphatic carbocycles. The van der Waals surface area contributed by atoms with Crippen LogP contribution in [0.5, 0.6) is 0 Å². The van der Waals surface area contributed by atoms with Crippen molar-refractivity contribution in [2.24, 2.45) is 0 Å². The summed E-state index contributed by atoms with van der Waals surface area (Å²) in [6.45, 7) is 9.46. The summed E-state index contributed by atoms with van der Waals surface area (Å²) in [4.78, 5) is 24.6. The van der Waals surface area contributed by atoms with Crippen molar-refractivity contribution in [3.63, 3.8) is 0 Å². The van der Waals surface area contributed by atoms with E-state index >= 15 is 0 Å². The molecule has 2 unspecified atom stereocenters. The highest BCUT2D eigenvalue weighted by molar-refractivity contribution is 8.00. The number of nitrogens with zero attached hydrogens (tertiary/aromatic N) is 1. The van der Waals surface area contributed by atoms with E-state index in [9.17, 15) is 9.59 Å². The Bertz CT molecular complexity index is 337. The van der Waals surface area contributed by atoms with E-state index in [2.05, 4.69) is 19.2 Å². The lowest BCUT2D eigenvalue weighted by Gasteiger charge is -2.37. The molecular weight excluding hydrogens is 264 g/mol. The van der Waals surface area contributed by atoms with Gasteiger partial charge >= 0.3 is 12.0 Å². The predicted molar refractivity (Wildman–Crippen MR) is 77.6 cm³/mol. The van der Waals surface area contributed by atoms with Crippen LogP contribution in [0, 0.1) is 0 Å². The molecule has 110 valence electrons. The Hall–Kier alpha value is -0.910. The maximum Gasteiger partial charge on any atom is 0.317 e. The van der Waals surface area contributed by atoms with Crippen molar-refractivity contribution in [1.82, 2.24) is 10.2 Å². The van der Waals surface area contributed by atoms with E-state index in [0.29, 0.717) is 16.9 Å². The second-order valence-corrected chi connectivity index (χ2v) is 7.75. The first-order chi connectivity index (χ1) is 8.69. The summed E-state index contributed by atoms with van der Waals surface area (Å²) in [5.74, 6) is -0.834. The van der Waals surface area contributed by atoms with Crippen molar-refractivity contribution < 1.29 is 14.7 Å². The van der Waals surface area contributed by atoms with Crippen molar-refractivity contribution in [1.29, 1.82) is 0 Å². The summed E-state index contributed by atoms with van der Waals surface area (Å²) in [7, 11) is 0. The molecule has 0 bridgehead atoms. The maximum atomic E-state index is 12.2. The van der Waals surface area contributed by atoms with Crippen molar-refractivity contribution in [3.8, 4) is 0 Å². The molecule has 2 amide bonds. The quantitative estimate of drug-likeness (QED) is 0.832. The van der Waals surface area contributed by atoms with E-state index in [4.69, 9.17) is 5.11 Å². The lowest BCUT2D eigenvalue weighted by molar-refractivity contribution is -0.137. The zero-order valence-electron chi connectivity index (χ0n) is 12.1. The zero-order chi connectivity index (χ0) is 14.6. The molecule has 0 saturated carbocycles. The standard InChI is InChI=1S/C13H24N2O3S/c1-9-7-15(8-10(2)19-9)12(18)14-13(3,4)6-5-11(16)17/h9-10H,5-8H2,1-4H3,(H,14,18)(H,16,17). The van der Waals surface area contributed by atoms with Gasteiger partial charge in [-0.2, -0.15) is 11.8 Å².